The molecule has 1 saturated heterocycles. The molecule has 0 unspecified atom stereocenters. The molecule has 1 amide bonds. The van der Waals surface area contributed by atoms with Gasteiger partial charge in [0.1, 0.15) is 23.8 Å². The van der Waals surface area contributed by atoms with E-state index in [0.29, 0.717) is 42.9 Å². The molecule has 0 N–H and O–H groups in total. The van der Waals surface area contributed by atoms with Crippen molar-refractivity contribution in [2.45, 2.75) is 0 Å². The Kier molecular flexibility index (Phi) is 5.15. The fourth-order valence-corrected chi connectivity index (χ4v) is 3.79. The molecule has 0 atom stereocenters. The molecule has 1 aliphatic rings. The number of hydrogen-bond acceptors (Lipinski definition) is 4. The van der Waals surface area contributed by atoms with E-state index in [9.17, 15) is 13.6 Å². The smallest absolute Gasteiger partial charge is 0.246 e. The lowest BCUT2D eigenvalue weighted by molar-refractivity contribution is -0.126. The van der Waals surface area contributed by atoms with Gasteiger partial charge in [-0.2, -0.15) is 0 Å². The summed E-state index contributed by atoms with van der Waals surface area (Å²) in [6, 6.07) is 6.89. The zero-order chi connectivity index (χ0) is 20.5. The number of carbonyl (C=O) groups is 1. The van der Waals surface area contributed by atoms with Gasteiger partial charge in [0.2, 0.25) is 5.91 Å². The first kappa shape index (κ1) is 19.3. The Morgan fingerprint density at radius 2 is 1.79 bits per heavy atom. The fraction of sp³-hybridized carbons (Fsp3) is 0.190. The SMILES string of the molecule is C=CC(=O)N1CCN(c2ncnc3cc(-c4c(F)cccc4F)c(Cl)cc23)CC1. The zero-order valence-electron chi connectivity index (χ0n) is 15.4. The molecule has 0 aliphatic carbocycles. The summed E-state index contributed by atoms with van der Waals surface area (Å²) in [4.78, 5) is 24.2. The fourth-order valence-electron chi connectivity index (χ4n) is 3.53. The molecule has 2 aromatic carbocycles. The lowest BCUT2D eigenvalue weighted by Gasteiger charge is -2.35. The number of aromatic nitrogens is 2. The number of rotatable bonds is 3. The third kappa shape index (κ3) is 3.53. The quantitative estimate of drug-likeness (QED) is 0.606. The summed E-state index contributed by atoms with van der Waals surface area (Å²) in [5.74, 6) is -0.813. The minimum absolute atomic E-state index is 0.100. The first-order chi connectivity index (χ1) is 14.0. The topological polar surface area (TPSA) is 49.3 Å². The molecular formula is C21H17ClF2N4O. The Morgan fingerprint density at radius 3 is 2.45 bits per heavy atom. The third-order valence-corrected chi connectivity index (χ3v) is 5.31. The van der Waals surface area contributed by atoms with Gasteiger partial charge in [-0.25, -0.2) is 18.7 Å². The van der Waals surface area contributed by atoms with Crippen molar-refractivity contribution in [3.8, 4) is 11.1 Å². The molecule has 2 heterocycles. The van der Waals surface area contributed by atoms with Crippen LogP contribution in [0, 0.1) is 11.6 Å². The number of piperazine rings is 1. The number of carbonyl (C=O) groups excluding carboxylic acids is 1. The molecule has 29 heavy (non-hydrogen) atoms. The number of nitrogens with zero attached hydrogens (tertiary/aromatic N) is 4. The molecule has 0 spiro atoms. The number of fused-ring (bicyclic) bond motifs is 1. The van der Waals surface area contributed by atoms with Gasteiger partial charge >= 0.3 is 0 Å². The van der Waals surface area contributed by atoms with Crippen LogP contribution in [0.3, 0.4) is 0 Å². The van der Waals surface area contributed by atoms with Crippen LogP contribution in [0.2, 0.25) is 5.02 Å². The zero-order valence-corrected chi connectivity index (χ0v) is 16.2. The van der Waals surface area contributed by atoms with E-state index >= 15 is 0 Å². The van der Waals surface area contributed by atoms with E-state index in [-0.39, 0.29) is 22.1 Å². The van der Waals surface area contributed by atoms with Crippen LogP contribution in [0.5, 0.6) is 0 Å². The summed E-state index contributed by atoms with van der Waals surface area (Å²) in [5, 5.41) is 0.888. The Hall–Kier alpha value is -3.06. The maximum atomic E-state index is 14.2. The molecule has 1 fully saturated rings. The van der Waals surface area contributed by atoms with Crippen molar-refractivity contribution in [3.63, 3.8) is 0 Å². The van der Waals surface area contributed by atoms with Gasteiger partial charge in [-0.15, -0.1) is 0 Å². The monoisotopic (exact) mass is 414 g/mol. The summed E-state index contributed by atoms with van der Waals surface area (Å²) < 4.78 is 28.5. The van der Waals surface area contributed by atoms with Gasteiger partial charge < -0.3 is 9.80 Å². The molecule has 0 saturated carbocycles. The van der Waals surface area contributed by atoms with Gasteiger partial charge in [0.05, 0.1) is 11.1 Å². The summed E-state index contributed by atoms with van der Waals surface area (Å²) >= 11 is 6.40. The minimum atomic E-state index is -0.691. The molecule has 5 nitrogen and oxygen atoms in total. The number of halogens is 3. The lowest BCUT2D eigenvalue weighted by atomic mass is 10.0. The molecular weight excluding hydrogens is 398 g/mol. The summed E-state index contributed by atoms with van der Waals surface area (Å²) in [5.41, 5.74) is 0.582. The Bertz CT molecular complexity index is 1090. The van der Waals surface area contributed by atoms with E-state index in [1.807, 2.05) is 4.90 Å². The van der Waals surface area contributed by atoms with Gasteiger partial charge in [0, 0.05) is 42.2 Å². The van der Waals surface area contributed by atoms with Crippen LogP contribution in [0.15, 0.2) is 49.3 Å². The van der Waals surface area contributed by atoms with Crippen LogP contribution in [0.1, 0.15) is 0 Å². The summed E-state index contributed by atoms with van der Waals surface area (Å²) in [7, 11) is 0. The van der Waals surface area contributed by atoms with Crippen molar-refractivity contribution >= 4 is 34.2 Å². The molecule has 1 aromatic heterocycles. The number of hydrogen-bond donors (Lipinski definition) is 0. The Labute approximate surface area is 171 Å². The average Bonchev–Trinajstić information content (AvgIpc) is 2.73. The van der Waals surface area contributed by atoms with E-state index in [1.165, 1.54) is 30.6 Å². The van der Waals surface area contributed by atoms with Crippen LogP contribution < -0.4 is 4.90 Å². The van der Waals surface area contributed by atoms with E-state index in [1.54, 1.807) is 17.0 Å². The molecule has 1 aliphatic heterocycles. The first-order valence-corrected chi connectivity index (χ1v) is 9.42. The van der Waals surface area contributed by atoms with Crippen LogP contribution >= 0.6 is 11.6 Å². The lowest BCUT2D eigenvalue weighted by Crippen LogP contribution is -2.48. The third-order valence-electron chi connectivity index (χ3n) is 5.00. The van der Waals surface area contributed by atoms with Crippen molar-refractivity contribution in [2.75, 3.05) is 31.1 Å². The maximum Gasteiger partial charge on any atom is 0.246 e. The molecule has 8 heteroatoms. The maximum absolute atomic E-state index is 14.2. The highest BCUT2D eigenvalue weighted by molar-refractivity contribution is 6.34. The van der Waals surface area contributed by atoms with Gasteiger partial charge in [0.25, 0.3) is 0 Å². The number of amides is 1. The molecule has 0 radical (unpaired) electrons. The highest BCUT2D eigenvalue weighted by Gasteiger charge is 2.23. The predicted octanol–water partition coefficient (Wildman–Crippen LogP) is 4.06. The first-order valence-electron chi connectivity index (χ1n) is 9.04. The number of anilines is 1. The van der Waals surface area contributed by atoms with Crippen LogP contribution in [0.25, 0.3) is 22.0 Å². The Morgan fingerprint density at radius 1 is 1.10 bits per heavy atom. The van der Waals surface area contributed by atoms with Crippen LogP contribution in [-0.2, 0) is 4.79 Å². The van der Waals surface area contributed by atoms with Crippen LogP contribution in [-0.4, -0.2) is 47.0 Å². The average molecular weight is 415 g/mol. The second kappa shape index (κ2) is 7.75. The van der Waals surface area contributed by atoms with E-state index in [2.05, 4.69) is 16.5 Å². The van der Waals surface area contributed by atoms with Crippen molar-refractivity contribution in [1.82, 2.24) is 14.9 Å². The van der Waals surface area contributed by atoms with Gasteiger partial charge in [0.15, 0.2) is 0 Å². The highest BCUT2D eigenvalue weighted by Crippen LogP contribution is 2.36. The highest BCUT2D eigenvalue weighted by atomic mass is 35.5. The molecule has 3 aromatic rings. The molecule has 148 valence electrons. The Balaban J connectivity index is 1.73. The van der Waals surface area contributed by atoms with Crippen molar-refractivity contribution in [1.29, 1.82) is 0 Å². The van der Waals surface area contributed by atoms with Crippen molar-refractivity contribution in [2.24, 2.45) is 0 Å². The van der Waals surface area contributed by atoms with Gasteiger partial charge in [-0.1, -0.05) is 24.2 Å². The predicted molar refractivity (Wildman–Crippen MR) is 109 cm³/mol. The van der Waals surface area contributed by atoms with Crippen molar-refractivity contribution < 1.29 is 13.6 Å². The largest absolute Gasteiger partial charge is 0.352 e. The normalized spacial score (nSPS) is 14.3. The number of benzene rings is 2. The van der Waals surface area contributed by atoms with E-state index in [0.717, 1.165) is 0 Å². The minimum Gasteiger partial charge on any atom is -0.352 e. The summed E-state index contributed by atoms with van der Waals surface area (Å²) in [6.07, 6.45) is 2.72. The van der Waals surface area contributed by atoms with Crippen LogP contribution in [0.4, 0.5) is 14.6 Å². The van der Waals surface area contributed by atoms with Crippen molar-refractivity contribution in [3.05, 3.63) is 66.0 Å². The molecule has 4 rings (SSSR count). The van der Waals surface area contributed by atoms with E-state index < -0.39 is 11.6 Å². The second-order valence-corrected chi connectivity index (χ2v) is 7.07. The van der Waals surface area contributed by atoms with Gasteiger partial charge in [-0.05, 0) is 30.3 Å². The summed E-state index contributed by atoms with van der Waals surface area (Å²) in [6.45, 7) is 5.78. The van der Waals surface area contributed by atoms with Gasteiger partial charge in [-0.3, -0.25) is 4.79 Å². The molecule has 0 bridgehead atoms. The second-order valence-electron chi connectivity index (χ2n) is 6.66. The van der Waals surface area contributed by atoms with E-state index in [4.69, 9.17) is 11.6 Å². The standard InChI is InChI=1S/C21H17ClF2N4O/c1-2-19(29)27-6-8-28(9-7-27)21-14-10-15(22)13(11-18(14)25-12-26-21)20-16(23)4-3-5-17(20)24/h2-5,10-12H,1,6-9H2.